The van der Waals surface area contributed by atoms with E-state index in [2.05, 4.69) is 25.1 Å². The van der Waals surface area contributed by atoms with Crippen molar-refractivity contribution in [2.45, 2.75) is 63.0 Å². The lowest BCUT2D eigenvalue weighted by Crippen LogP contribution is -2.34. The van der Waals surface area contributed by atoms with Gasteiger partial charge in [0.2, 0.25) is 0 Å². The molecular formula is C17H31NO4SSi. The normalized spacial score (nSPS) is 17.8. The van der Waals surface area contributed by atoms with Gasteiger partial charge in [-0.2, -0.15) is 17.2 Å². The minimum absolute atomic E-state index is 0.443. The van der Waals surface area contributed by atoms with Crippen LogP contribution in [0.3, 0.4) is 0 Å². The van der Waals surface area contributed by atoms with Gasteiger partial charge < -0.3 is 9.94 Å². The number of carboxylic acids is 1. The van der Waals surface area contributed by atoms with Crippen molar-refractivity contribution in [1.82, 2.24) is 5.48 Å². The van der Waals surface area contributed by atoms with Gasteiger partial charge in [0.1, 0.15) is 0 Å². The highest BCUT2D eigenvalue weighted by atomic mass is 32.2. The number of carbonyl (C=O) groups is 2. The van der Waals surface area contributed by atoms with Crippen LogP contribution < -0.4 is 5.48 Å². The van der Waals surface area contributed by atoms with Gasteiger partial charge in [-0.3, -0.25) is 0 Å². The molecule has 1 aliphatic carbocycles. The molecule has 1 saturated carbocycles. The summed E-state index contributed by atoms with van der Waals surface area (Å²) in [6, 6.07) is 1.29. The van der Waals surface area contributed by atoms with Crippen molar-refractivity contribution < 1.29 is 19.5 Å². The first kappa shape index (κ1) is 21.2. The number of carboxylic acid groups (broad SMARTS) is 1. The number of thioether (sulfide) groups is 1. The average molecular weight is 374 g/mol. The number of hydrogen-bond donors (Lipinski definition) is 2. The highest BCUT2D eigenvalue weighted by molar-refractivity contribution is 8.00. The van der Waals surface area contributed by atoms with Gasteiger partial charge in [0.25, 0.3) is 0 Å². The molecule has 5 nitrogen and oxygen atoms in total. The molecule has 0 aliphatic heterocycles. The third-order valence-electron chi connectivity index (χ3n) is 4.18. The molecule has 1 rings (SSSR count). The van der Waals surface area contributed by atoms with Gasteiger partial charge in [0.15, 0.2) is 0 Å². The second kappa shape index (κ2) is 10.9. The van der Waals surface area contributed by atoms with Gasteiger partial charge in [-0.25, -0.2) is 9.59 Å². The smallest absolute Gasteiger partial charge is 0.349 e. The van der Waals surface area contributed by atoms with E-state index in [1.54, 1.807) is 0 Å². The molecule has 0 aromatic rings. The van der Waals surface area contributed by atoms with E-state index in [0.717, 1.165) is 17.9 Å². The van der Waals surface area contributed by atoms with Crippen molar-refractivity contribution in [3.8, 4) is 0 Å². The summed E-state index contributed by atoms with van der Waals surface area (Å²) in [6.45, 7) is 7.78. The largest absolute Gasteiger partial charge is 0.478 e. The molecule has 7 heteroatoms. The zero-order valence-corrected chi connectivity index (χ0v) is 16.9. The Morgan fingerprint density at radius 2 is 1.92 bits per heavy atom. The predicted molar refractivity (Wildman–Crippen MR) is 102 cm³/mol. The second-order valence-electron chi connectivity index (χ2n) is 7.56. The molecule has 0 spiro atoms. The minimum atomic E-state index is -1.16. The average Bonchev–Trinajstić information content (AvgIpc) is 2.51. The van der Waals surface area contributed by atoms with Crippen LogP contribution in [0.1, 0.15) is 32.1 Å². The molecule has 0 amide bonds. The Kier molecular flexibility index (Phi) is 9.69. The summed E-state index contributed by atoms with van der Waals surface area (Å²) in [5.41, 5.74) is 2.75. The van der Waals surface area contributed by atoms with Crippen molar-refractivity contribution in [3.05, 3.63) is 12.2 Å². The van der Waals surface area contributed by atoms with E-state index in [1.807, 2.05) is 11.8 Å². The van der Waals surface area contributed by atoms with E-state index in [9.17, 15) is 9.59 Å². The molecule has 0 bridgehead atoms. The van der Waals surface area contributed by atoms with Crippen molar-refractivity contribution in [1.29, 1.82) is 0 Å². The lowest BCUT2D eigenvalue weighted by molar-refractivity contribution is -0.145. The third kappa shape index (κ3) is 10.2. The Morgan fingerprint density at radius 3 is 2.50 bits per heavy atom. The topological polar surface area (TPSA) is 75.6 Å². The van der Waals surface area contributed by atoms with E-state index >= 15 is 0 Å². The van der Waals surface area contributed by atoms with Crippen LogP contribution in [0.5, 0.6) is 0 Å². The lowest BCUT2D eigenvalue weighted by Gasteiger charge is -2.30. The van der Waals surface area contributed by atoms with Gasteiger partial charge in [0, 0.05) is 32.0 Å². The molecular weight excluding hydrogens is 342 g/mol. The van der Waals surface area contributed by atoms with Gasteiger partial charge in [-0.15, -0.1) is 0 Å². The fraction of sp³-hybridized carbons (Fsp3) is 0.765. The number of rotatable bonds is 10. The number of aliphatic carboxylic acids is 1. The first-order valence-corrected chi connectivity index (χ1v) is 13.5. The molecule has 138 valence electrons. The van der Waals surface area contributed by atoms with E-state index in [1.165, 1.54) is 38.1 Å². The summed E-state index contributed by atoms with van der Waals surface area (Å²) in [5.74, 6) is -0.00204. The number of hydroxylamine groups is 1. The maximum Gasteiger partial charge on any atom is 0.349 e. The van der Waals surface area contributed by atoms with Crippen LogP contribution in [0.4, 0.5) is 0 Å². The van der Waals surface area contributed by atoms with E-state index < -0.39 is 20.0 Å². The maximum atomic E-state index is 11.4. The van der Waals surface area contributed by atoms with E-state index in [4.69, 9.17) is 9.94 Å². The van der Waals surface area contributed by atoms with Gasteiger partial charge in [-0.05, 0) is 30.6 Å². The summed E-state index contributed by atoms with van der Waals surface area (Å²) in [7, 11) is -1.04. The molecule has 0 aromatic heterocycles. The number of hydrogen-bond acceptors (Lipinski definition) is 5. The molecule has 0 heterocycles. The van der Waals surface area contributed by atoms with Crippen LogP contribution in [0, 0.1) is 5.92 Å². The Hall–Kier alpha value is -0.793. The zero-order valence-electron chi connectivity index (χ0n) is 15.0. The van der Waals surface area contributed by atoms with E-state index in [0.29, 0.717) is 17.7 Å². The molecule has 1 aliphatic rings. The fourth-order valence-electron chi connectivity index (χ4n) is 2.75. The predicted octanol–water partition coefficient (Wildman–Crippen LogP) is 3.70. The monoisotopic (exact) mass is 373 g/mol. The third-order valence-corrected chi connectivity index (χ3v) is 7.71. The second-order valence-corrected chi connectivity index (χ2v) is 14.5. The standard InChI is InChI=1S/C17H31NO4SSi/c1-24(2,3)12-11-23-15(14-7-5-4-6-8-14)13-18-22-17(21)10-9-16(19)20/h9-10,14-15,18H,4-8,11-13H2,1-3H3,(H,19,20)/b10-9-. The summed E-state index contributed by atoms with van der Waals surface area (Å²) in [6.07, 6.45) is 8.10. The van der Waals surface area contributed by atoms with Crippen LogP contribution >= 0.6 is 11.8 Å². The van der Waals surface area contributed by atoms with Crippen LogP contribution in [0.15, 0.2) is 12.2 Å². The highest BCUT2D eigenvalue weighted by Gasteiger charge is 2.25. The first-order valence-electron chi connectivity index (χ1n) is 8.74. The zero-order chi connectivity index (χ0) is 18.0. The summed E-state index contributed by atoms with van der Waals surface area (Å²) < 4.78 is 0. The van der Waals surface area contributed by atoms with Crippen molar-refractivity contribution in [3.63, 3.8) is 0 Å². The molecule has 2 N–H and O–H groups in total. The summed E-state index contributed by atoms with van der Waals surface area (Å²) in [5, 5.41) is 8.94. The van der Waals surface area contributed by atoms with Gasteiger partial charge in [-0.1, -0.05) is 38.9 Å². The lowest BCUT2D eigenvalue weighted by atomic mass is 9.87. The fourth-order valence-corrected chi connectivity index (χ4v) is 6.71. The summed E-state index contributed by atoms with van der Waals surface area (Å²) >= 11 is 1.99. The number of nitrogens with one attached hydrogen (secondary N) is 1. The quantitative estimate of drug-likeness (QED) is 0.345. The van der Waals surface area contributed by atoms with Crippen LogP contribution in [0.25, 0.3) is 0 Å². The van der Waals surface area contributed by atoms with Crippen LogP contribution in [-0.4, -0.2) is 42.7 Å². The Balaban J connectivity index is 2.42. The van der Waals surface area contributed by atoms with Gasteiger partial charge >= 0.3 is 11.9 Å². The Labute approximate surface area is 150 Å². The summed E-state index contributed by atoms with van der Waals surface area (Å²) in [4.78, 5) is 26.7. The molecule has 0 aromatic carbocycles. The molecule has 0 radical (unpaired) electrons. The Bertz CT molecular complexity index is 431. The van der Waals surface area contributed by atoms with Crippen molar-refractivity contribution in [2.75, 3.05) is 12.3 Å². The molecule has 1 atom stereocenters. The van der Waals surface area contributed by atoms with E-state index in [-0.39, 0.29) is 0 Å². The first-order chi connectivity index (χ1) is 11.3. The van der Waals surface area contributed by atoms with Crippen LogP contribution in [0.2, 0.25) is 25.7 Å². The van der Waals surface area contributed by atoms with Crippen molar-refractivity contribution >= 4 is 31.8 Å². The molecule has 24 heavy (non-hydrogen) atoms. The minimum Gasteiger partial charge on any atom is -0.478 e. The highest BCUT2D eigenvalue weighted by Crippen LogP contribution is 2.33. The molecule has 0 saturated heterocycles. The van der Waals surface area contributed by atoms with Crippen LogP contribution in [-0.2, 0) is 14.4 Å². The number of carbonyl (C=O) groups excluding carboxylic acids is 1. The van der Waals surface area contributed by atoms with Crippen molar-refractivity contribution in [2.24, 2.45) is 5.92 Å². The molecule has 1 fully saturated rings. The Morgan fingerprint density at radius 1 is 1.25 bits per heavy atom. The molecule has 1 unspecified atom stereocenters. The van der Waals surface area contributed by atoms with Gasteiger partial charge in [0.05, 0.1) is 0 Å². The maximum absolute atomic E-state index is 11.4. The SMILES string of the molecule is C[Si](C)(C)CCSC(CNOC(=O)/C=C\C(=O)O)C1CCCCC1.